The van der Waals surface area contributed by atoms with Gasteiger partial charge in [0.05, 0.1) is 6.61 Å². The van der Waals surface area contributed by atoms with Crippen LogP contribution in [-0.4, -0.2) is 48.3 Å². The van der Waals surface area contributed by atoms with Gasteiger partial charge in [-0.1, -0.05) is 4.49 Å². The van der Waals surface area contributed by atoms with Crippen molar-refractivity contribution in [1.29, 1.82) is 0 Å². The summed E-state index contributed by atoms with van der Waals surface area (Å²) >= 11 is 1.41. The zero-order chi connectivity index (χ0) is 11.1. The van der Waals surface area contributed by atoms with Crippen LogP contribution in [0.25, 0.3) is 0 Å². The standard InChI is InChI=1S/C9H18N4OS/c1-4-10-9-8(11-12-15-9)7-13(2)5-6-14-3/h10H,4-7H2,1-3H3. The predicted octanol–water partition coefficient (Wildman–Crippen LogP) is 1.05. The minimum Gasteiger partial charge on any atom is -0.383 e. The fraction of sp³-hybridized carbons (Fsp3) is 0.778. The van der Waals surface area contributed by atoms with Gasteiger partial charge in [-0.3, -0.25) is 4.90 Å². The average molecular weight is 230 g/mol. The number of rotatable bonds is 7. The Hall–Kier alpha value is -0.720. The molecule has 86 valence electrons. The van der Waals surface area contributed by atoms with E-state index in [2.05, 4.69) is 26.7 Å². The number of hydrogen-bond donors (Lipinski definition) is 1. The third-order valence-corrected chi connectivity index (χ3v) is 2.72. The van der Waals surface area contributed by atoms with Crippen LogP contribution >= 0.6 is 11.5 Å². The number of anilines is 1. The molecule has 0 bridgehead atoms. The number of hydrogen-bond acceptors (Lipinski definition) is 6. The lowest BCUT2D eigenvalue weighted by atomic mass is 10.4. The molecule has 0 unspecified atom stereocenters. The first kappa shape index (κ1) is 12.4. The zero-order valence-electron chi connectivity index (χ0n) is 9.49. The summed E-state index contributed by atoms with van der Waals surface area (Å²) in [4.78, 5) is 2.17. The quantitative estimate of drug-likeness (QED) is 0.758. The highest BCUT2D eigenvalue weighted by Gasteiger charge is 2.09. The minimum absolute atomic E-state index is 0.741. The summed E-state index contributed by atoms with van der Waals surface area (Å²) in [6.45, 7) is 5.42. The topological polar surface area (TPSA) is 50.3 Å². The fourth-order valence-corrected chi connectivity index (χ4v) is 1.83. The Labute approximate surface area is 94.6 Å². The maximum absolute atomic E-state index is 5.02. The highest BCUT2D eigenvalue weighted by molar-refractivity contribution is 7.10. The van der Waals surface area contributed by atoms with Crippen molar-refractivity contribution in [2.75, 3.05) is 39.2 Å². The van der Waals surface area contributed by atoms with Gasteiger partial charge in [0.1, 0.15) is 10.7 Å². The molecule has 6 heteroatoms. The van der Waals surface area contributed by atoms with Crippen molar-refractivity contribution in [1.82, 2.24) is 14.5 Å². The molecule has 1 rings (SSSR count). The maximum Gasteiger partial charge on any atom is 0.134 e. The SMILES string of the molecule is CCNc1snnc1CN(C)CCOC. The van der Waals surface area contributed by atoms with Crippen molar-refractivity contribution >= 4 is 16.5 Å². The molecule has 0 amide bonds. The van der Waals surface area contributed by atoms with E-state index in [4.69, 9.17) is 4.74 Å². The molecule has 1 heterocycles. The van der Waals surface area contributed by atoms with Crippen molar-refractivity contribution in [3.8, 4) is 0 Å². The van der Waals surface area contributed by atoms with Crippen LogP contribution in [0.15, 0.2) is 0 Å². The van der Waals surface area contributed by atoms with Crippen LogP contribution < -0.4 is 5.32 Å². The number of nitrogens with zero attached hydrogens (tertiary/aromatic N) is 3. The highest BCUT2D eigenvalue weighted by atomic mass is 32.1. The zero-order valence-corrected chi connectivity index (χ0v) is 10.3. The molecule has 1 aromatic heterocycles. The van der Waals surface area contributed by atoms with E-state index in [1.54, 1.807) is 7.11 Å². The lowest BCUT2D eigenvalue weighted by Crippen LogP contribution is -2.23. The largest absolute Gasteiger partial charge is 0.383 e. The Morgan fingerprint density at radius 2 is 2.33 bits per heavy atom. The molecule has 0 radical (unpaired) electrons. The van der Waals surface area contributed by atoms with Crippen LogP contribution in [0.4, 0.5) is 5.00 Å². The maximum atomic E-state index is 5.02. The Morgan fingerprint density at radius 3 is 3.00 bits per heavy atom. The third-order valence-electron chi connectivity index (χ3n) is 1.99. The second-order valence-corrected chi connectivity index (χ2v) is 4.06. The predicted molar refractivity (Wildman–Crippen MR) is 62.3 cm³/mol. The second-order valence-electron chi connectivity index (χ2n) is 3.31. The van der Waals surface area contributed by atoms with Gasteiger partial charge in [-0.25, -0.2) is 0 Å². The fourth-order valence-electron chi connectivity index (χ4n) is 1.19. The van der Waals surface area contributed by atoms with Crippen molar-refractivity contribution < 1.29 is 4.74 Å². The molecular weight excluding hydrogens is 212 g/mol. The van der Waals surface area contributed by atoms with Gasteiger partial charge in [-0.15, -0.1) is 5.10 Å². The Morgan fingerprint density at radius 1 is 1.53 bits per heavy atom. The van der Waals surface area contributed by atoms with Gasteiger partial charge in [-0.2, -0.15) is 0 Å². The molecule has 0 aliphatic heterocycles. The first-order valence-electron chi connectivity index (χ1n) is 5.00. The molecule has 0 saturated heterocycles. The van der Waals surface area contributed by atoms with Gasteiger partial charge in [0.15, 0.2) is 0 Å². The van der Waals surface area contributed by atoms with Crippen LogP contribution in [0.2, 0.25) is 0 Å². The Balaban J connectivity index is 2.44. The normalized spacial score (nSPS) is 10.9. The molecule has 0 aromatic carbocycles. The minimum atomic E-state index is 0.741. The van der Waals surface area contributed by atoms with Crippen molar-refractivity contribution in [3.05, 3.63) is 5.69 Å². The summed E-state index contributed by atoms with van der Waals surface area (Å²) in [6, 6.07) is 0. The average Bonchev–Trinajstić information content (AvgIpc) is 2.63. The van der Waals surface area contributed by atoms with Gasteiger partial charge < -0.3 is 10.1 Å². The summed E-state index contributed by atoms with van der Waals surface area (Å²) in [7, 11) is 3.76. The highest BCUT2D eigenvalue weighted by Crippen LogP contribution is 2.18. The van der Waals surface area contributed by atoms with E-state index in [9.17, 15) is 0 Å². The number of ether oxygens (including phenoxy) is 1. The van der Waals surface area contributed by atoms with E-state index in [1.165, 1.54) is 11.5 Å². The van der Waals surface area contributed by atoms with Gasteiger partial charge in [0, 0.05) is 38.3 Å². The molecule has 0 saturated carbocycles. The molecule has 0 aliphatic rings. The molecule has 1 aromatic rings. The van der Waals surface area contributed by atoms with E-state index in [-0.39, 0.29) is 0 Å². The number of nitrogens with one attached hydrogen (secondary N) is 1. The lowest BCUT2D eigenvalue weighted by Gasteiger charge is -2.14. The molecule has 0 fully saturated rings. The summed E-state index contributed by atoms with van der Waals surface area (Å²) in [5, 5.41) is 8.43. The van der Waals surface area contributed by atoms with E-state index in [1.807, 2.05) is 7.05 Å². The van der Waals surface area contributed by atoms with Gasteiger partial charge in [0.25, 0.3) is 0 Å². The molecule has 0 atom stereocenters. The van der Waals surface area contributed by atoms with Crippen LogP contribution in [0.3, 0.4) is 0 Å². The van der Waals surface area contributed by atoms with E-state index >= 15 is 0 Å². The molecule has 15 heavy (non-hydrogen) atoms. The van der Waals surface area contributed by atoms with Crippen LogP contribution in [0.5, 0.6) is 0 Å². The number of aromatic nitrogens is 2. The van der Waals surface area contributed by atoms with Crippen LogP contribution in [0.1, 0.15) is 12.6 Å². The van der Waals surface area contributed by atoms with Crippen LogP contribution in [0, 0.1) is 0 Å². The second kappa shape index (κ2) is 6.71. The van der Waals surface area contributed by atoms with Crippen LogP contribution in [-0.2, 0) is 11.3 Å². The molecule has 5 nitrogen and oxygen atoms in total. The summed E-state index contributed by atoms with van der Waals surface area (Å²) < 4.78 is 8.96. The summed E-state index contributed by atoms with van der Waals surface area (Å²) in [5.41, 5.74) is 1.01. The molecule has 0 aliphatic carbocycles. The monoisotopic (exact) mass is 230 g/mol. The van der Waals surface area contributed by atoms with Gasteiger partial charge in [0.2, 0.25) is 0 Å². The van der Waals surface area contributed by atoms with Crippen molar-refractivity contribution in [3.63, 3.8) is 0 Å². The molecular formula is C9H18N4OS. The molecule has 1 N–H and O–H groups in total. The van der Waals surface area contributed by atoms with Gasteiger partial charge in [-0.05, 0) is 14.0 Å². The Bertz CT molecular complexity index is 279. The Kier molecular flexibility index (Phi) is 5.52. The smallest absolute Gasteiger partial charge is 0.134 e. The van der Waals surface area contributed by atoms with Gasteiger partial charge >= 0.3 is 0 Å². The number of methoxy groups -OCH3 is 1. The number of likely N-dealkylation sites (N-methyl/N-ethyl adjacent to an activating group) is 1. The van der Waals surface area contributed by atoms with E-state index in [0.717, 1.165) is 36.9 Å². The van der Waals surface area contributed by atoms with E-state index < -0.39 is 0 Å². The molecule has 0 spiro atoms. The summed E-state index contributed by atoms with van der Waals surface area (Å²) in [5.74, 6) is 0. The first-order valence-corrected chi connectivity index (χ1v) is 5.77. The van der Waals surface area contributed by atoms with Crippen molar-refractivity contribution in [2.45, 2.75) is 13.5 Å². The van der Waals surface area contributed by atoms with Crippen molar-refractivity contribution in [2.24, 2.45) is 0 Å². The third kappa shape index (κ3) is 4.11. The first-order chi connectivity index (χ1) is 7.27. The van der Waals surface area contributed by atoms with E-state index in [0.29, 0.717) is 0 Å². The lowest BCUT2D eigenvalue weighted by molar-refractivity contribution is 0.158. The summed E-state index contributed by atoms with van der Waals surface area (Å²) in [6.07, 6.45) is 0.